The molecule has 1 aromatic carbocycles. The molecule has 2 aromatic rings. The van der Waals surface area contributed by atoms with E-state index in [4.69, 9.17) is 4.42 Å². The van der Waals surface area contributed by atoms with Crippen molar-refractivity contribution in [2.75, 3.05) is 32.0 Å². The third kappa shape index (κ3) is 8.17. The fraction of sp³-hybridized carbons (Fsp3) is 0.478. The summed E-state index contributed by atoms with van der Waals surface area (Å²) >= 11 is 0. The van der Waals surface area contributed by atoms with Gasteiger partial charge in [-0.15, -0.1) is 24.0 Å². The molecule has 8 heteroatoms. The summed E-state index contributed by atoms with van der Waals surface area (Å²) in [5, 5.41) is 9.58. The second kappa shape index (κ2) is 13.4. The summed E-state index contributed by atoms with van der Waals surface area (Å²) in [6, 6.07) is 11.8. The minimum Gasteiger partial charge on any atom is -0.459 e. The molecule has 1 aliphatic rings. The molecular weight excluding hydrogens is 505 g/mol. The molecule has 3 rings (SSSR count). The lowest BCUT2D eigenvalue weighted by atomic mass is 10.0. The van der Waals surface area contributed by atoms with Crippen LogP contribution in [-0.4, -0.2) is 49.5 Å². The number of aliphatic imine (C=N–C) groups is 1. The zero-order valence-corrected chi connectivity index (χ0v) is 20.7. The largest absolute Gasteiger partial charge is 0.459 e. The monoisotopic (exact) mass is 539 g/mol. The Morgan fingerprint density at radius 1 is 1.23 bits per heavy atom. The third-order valence-corrected chi connectivity index (χ3v) is 5.47. The number of hydrogen-bond donors (Lipinski definition) is 3. The van der Waals surface area contributed by atoms with Crippen molar-refractivity contribution in [3.05, 3.63) is 54.0 Å². The number of rotatable bonds is 8. The summed E-state index contributed by atoms with van der Waals surface area (Å²) in [6.45, 7) is 6.19. The SMILES string of the molecule is CN=C(NCCCN1CCCCC1C)NCc1cccc(NC(=O)c2ccco2)c1.I. The number of guanidine groups is 1. The van der Waals surface area contributed by atoms with Gasteiger partial charge in [0.05, 0.1) is 6.26 Å². The quantitative estimate of drug-likeness (QED) is 0.204. The van der Waals surface area contributed by atoms with Gasteiger partial charge in [0.25, 0.3) is 5.91 Å². The molecule has 0 radical (unpaired) electrons. The Morgan fingerprint density at radius 3 is 2.84 bits per heavy atom. The van der Waals surface area contributed by atoms with E-state index in [9.17, 15) is 4.79 Å². The first-order valence-corrected chi connectivity index (χ1v) is 10.8. The molecule has 1 atom stereocenters. The van der Waals surface area contributed by atoms with Crippen LogP contribution in [0.25, 0.3) is 0 Å². The number of piperidine rings is 1. The zero-order valence-electron chi connectivity index (χ0n) is 18.4. The molecule has 0 saturated carbocycles. The Bertz CT molecular complexity index is 825. The highest BCUT2D eigenvalue weighted by atomic mass is 127. The number of furan rings is 1. The van der Waals surface area contributed by atoms with Crippen LogP contribution >= 0.6 is 24.0 Å². The van der Waals surface area contributed by atoms with E-state index in [2.05, 4.69) is 32.8 Å². The maximum atomic E-state index is 12.1. The standard InChI is InChI=1S/C23H33N5O2.HI/c1-18-8-3-4-13-28(18)14-7-12-25-23(24-2)26-17-19-9-5-10-20(16-19)27-22(29)21-11-6-15-30-21;/h5-6,9-11,15-16,18H,3-4,7-8,12-14,17H2,1-2H3,(H,27,29)(H2,24,25,26);1H. The number of nitrogens with zero attached hydrogens (tertiary/aromatic N) is 2. The van der Waals surface area contributed by atoms with E-state index in [1.54, 1.807) is 19.2 Å². The first-order chi connectivity index (χ1) is 14.7. The zero-order chi connectivity index (χ0) is 21.2. The highest BCUT2D eigenvalue weighted by molar-refractivity contribution is 14.0. The van der Waals surface area contributed by atoms with Crippen molar-refractivity contribution in [3.63, 3.8) is 0 Å². The number of anilines is 1. The van der Waals surface area contributed by atoms with Gasteiger partial charge in [0.2, 0.25) is 0 Å². The number of halogens is 1. The van der Waals surface area contributed by atoms with E-state index in [0.717, 1.165) is 36.7 Å². The molecule has 1 aromatic heterocycles. The van der Waals surface area contributed by atoms with Gasteiger partial charge in [-0.1, -0.05) is 18.6 Å². The average Bonchev–Trinajstić information content (AvgIpc) is 3.30. The van der Waals surface area contributed by atoms with Gasteiger partial charge in [-0.25, -0.2) is 0 Å². The van der Waals surface area contributed by atoms with Gasteiger partial charge in [0.1, 0.15) is 0 Å². The molecule has 2 heterocycles. The van der Waals surface area contributed by atoms with Gasteiger partial charge >= 0.3 is 0 Å². The fourth-order valence-corrected chi connectivity index (χ4v) is 3.74. The van der Waals surface area contributed by atoms with Crippen LogP contribution in [0.3, 0.4) is 0 Å². The van der Waals surface area contributed by atoms with Crippen molar-refractivity contribution in [1.29, 1.82) is 0 Å². The highest BCUT2D eigenvalue weighted by Gasteiger charge is 2.17. The molecule has 1 amide bonds. The predicted molar refractivity (Wildman–Crippen MR) is 136 cm³/mol. The Balaban J connectivity index is 0.00000341. The van der Waals surface area contributed by atoms with E-state index in [-0.39, 0.29) is 29.9 Å². The van der Waals surface area contributed by atoms with Crippen LogP contribution in [0, 0.1) is 0 Å². The van der Waals surface area contributed by atoms with Crippen molar-refractivity contribution in [3.8, 4) is 0 Å². The van der Waals surface area contributed by atoms with Gasteiger partial charge in [-0.05, 0) is 62.6 Å². The minimum absolute atomic E-state index is 0. The van der Waals surface area contributed by atoms with E-state index >= 15 is 0 Å². The summed E-state index contributed by atoms with van der Waals surface area (Å²) < 4.78 is 5.13. The summed E-state index contributed by atoms with van der Waals surface area (Å²) in [7, 11) is 1.78. The summed E-state index contributed by atoms with van der Waals surface area (Å²) in [6.07, 6.45) is 6.58. The topological polar surface area (TPSA) is 81.9 Å². The normalized spacial score (nSPS) is 17.0. The van der Waals surface area contributed by atoms with E-state index in [0.29, 0.717) is 18.3 Å². The van der Waals surface area contributed by atoms with Crippen LogP contribution in [0.5, 0.6) is 0 Å². The van der Waals surface area contributed by atoms with Crippen molar-refractivity contribution in [2.24, 2.45) is 4.99 Å². The van der Waals surface area contributed by atoms with E-state index in [1.165, 1.54) is 32.1 Å². The van der Waals surface area contributed by atoms with Gasteiger partial charge in [-0.3, -0.25) is 9.79 Å². The molecule has 7 nitrogen and oxygen atoms in total. The summed E-state index contributed by atoms with van der Waals surface area (Å²) in [4.78, 5) is 19.0. The summed E-state index contributed by atoms with van der Waals surface area (Å²) in [5.41, 5.74) is 1.78. The molecule has 0 spiro atoms. The Kier molecular flexibility index (Phi) is 10.9. The number of carbonyl (C=O) groups is 1. The minimum atomic E-state index is -0.259. The van der Waals surface area contributed by atoms with E-state index < -0.39 is 0 Å². The molecule has 1 unspecified atom stereocenters. The van der Waals surface area contributed by atoms with Crippen molar-refractivity contribution in [1.82, 2.24) is 15.5 Å². The van der Waals surface area contributed by atoms with Crippen LogP contribution in [-0.2, 0) is 6.54 Å². The van der Waals surface area contributed by atoms with Gasteiger partial charge < -0.3 is 25.3 Å². The van der Waals surface area contributed by atoms with Crippen LogP contribution < -0.4 is 16.0 Å². The summed E-state index contributed by atoms with van der Waals surface area (Å²) in [5.74, 6) is 0.819. The third-order valence-electron chi connectivity index (χ3n) is 5.47. The number of amides is 1. The number of nitrogens with one attached hydrogen (secondary N) is 3. The average molecular weight is 539 g/mol. The molecule has 0 bridgehead atoms. The maximum absolute atomic E-state index is 12.1. The van der Waals surface area contributed by atoms with Gasteiger partial charge in [0, 0.05) is 38.4 Å². The van der Waals surface area contributed by atoms with Crippen LogP contribution in [0.2, 0.25) is 0 Å². The molecule has 0 aliphatic carbocycles. The molecule has 1 aliphatic heterocycles. The lowest BCUT2D eigenvalue weighted by Crippen LogP contribution is -2.41. The number of carbonyl (C=O) groups excluding carboxylic acids is 1. The number of likely N-dealkylation sites (tertiary alicyclic amines) is 1. The van der Waals surface area contributed by atoms with Crippen LogP contribution in [0.15, 0.2) is 52.1 Å². The Hall–Kier alpha value is -2.07. The highest BCUT2D eigenvalue weighted by Crippen LogP contribution is 2.16. The first kappa shape index (κ1) is 25.2. The molecule has 31 heavy (non-hydrogen) atoms. The second-order valence-corrected chi connectivity index (χ2v) is 7.72. The molecule has 3 N–H and O–H groups in total. The van der Waals surface area contributed by atoms with Crippen molar-refractivity contribution < 1.29 is 9.21 Å². The van der Waals surface area contributed by atoms with Crippen LogP contribution in [0.1, 0.15) is 48.7 Å². The Morgan fingerprint density at radius 2 is 2.10 bits per heavy atom. The van der Waals surface area contributed by atoms with Crippen molar-refractivity contribution in [2.45, 2.75) is 45.2 Å². The lowest BCUT2D eigenvalue weighted by molar-refractivity contribution is 0.0996. The molecule has 1 fully saturated rings. The van der Waals surface area contributed by atoms with Crippen LogP contribution in [0.4, 0.5) is 5.69 Å². The fourth-order valence-electron chi connectivity index (χ4n) is 3.74. The molecule has 170 valence electrons. The second-order valence-electron chi connectivity index (χ2n) is 7.72. The van der Waals surface area contributed by atoms with Gasteiger partial charge in [0.15, 0.2) is 11.7 Å². The van der Waals surface area contributed by atoms with Crippen molar-refractivity contribution >= 4 is 41.5 Å². The molecular formula is C23H34IN5O2. The van der Waals surface area contributed by atoms with Gasteiger partial charge in [-0.2, -0.15) is 0 Å². The maximum Gasteiger partial charge on any atom is 0.291 e. The predicted octanol–water partition coefficient (Wildman–Crippen LogP) is 4.08. The number of benzene rings is 1. The Labute approximate surface area is 202 Å². The first-order valence-electron chi connectivity index (χ1n) is 10.8. The smallest absolute Gasteiger partial charge is 0.291 e. The lowest BCUT2D eigenvalue weighted by Gasteiger charge is -2.33. The number of hydrogen-bond acceptors (Lipinski definition) is 4. The molecule has 1 saturated heterocycles. The van der Waals surface area contributed by atoms with E-state index in [1.807, 2.05) is 24.3 Å².